The number of likely N-dealkylation sites (tertiary alicyclic amines) is 1. The number of nitrogens with one attached hydrogen (secondary N) is 1. The number of anilines is 1. The predicted octanol–water partition coefficient (Wildman–Crippen LogP) is 2.34. The summed E-state index contributed by atoms with van der Waals surface area (Å²) in [5.74, 6) is 1.53. The monoisotopic (exact) mass is 396 g/mol. The van der Waals surface area contributed by atoms with Gasteiger partial charge in [-0.1, -0.05) is 6.07 Å². The number of carbonyl (C=O) groups is 1. The van der Waals surface area contributed by atoms with Crippen LogP contribution in [0.15, 0.2) is 18.3 Å². The van der Waals surface area contributed by atoms with Gasteiger partial charge in [-0.3, -0.25) is 9.48 Å². The molecule has 4 rings (SSSR count). The SMILES string of the molecule is Cc1nn(C)c(C)c1[C@H]1[C@H](CNCc2ccc(N3CCCC3)nc2)CC(=O)N1C. The summed E-state index contributed by atoms with van der Waals surface area (Å²) in [4.78, 5) is 21.3. The van der Waals surface area contributed by atoms with Crippen molar-refractivity contribution in [2.24, 2.45) is 13.0 Å². The van der Waals surface area contributed by atoms with E-state index in [-0.39, 0.29) is 17.9 Å². The average Bonchev–Trinajstić information content (AvgIpc) is 3.39. The van der Waals surface area contributed by atoms with Crippen LogP contribution in [0.2, 0.25) is 0 Å². The molecule has 0 radical (unpaired) electrons. The van der Waals surface area contributed by atoms with Gasteiger partial charge in [0.05, 0.1) is 11.7 Å². The topological polar surface area (TPSA) is 66.3 Å². The van der Waals surface area contributed by atoms with E-state index in [9.17, 15) is 4.79 Å². The Labute approximate surface area is 173 Å². The standard InChI is InChI=1S/C22H32N6O/c1-15-21(16(2)27(4)25-15)22-18(11-20(29)26(22)3)14-23-12-17-7-8-19(24-13-17)28-9-5-6-10-28/h7-8,13,18,22-23H,5-6,9-12,14H2,1-4H3/t18-,22+/m0/s1. The number of hydrogen-bond acceptors (Lipinski definition) is 5. The Morgan fingerprint density at radius 3 is 2.55 bits per heavy atom. The highest BCUT2D eigenvalue weighted by atomic mass is 16.2. The summed E-state index contributed by atoms with van der Waals surface area (Å²) in [6.07, 6.45) is 5.07. The van der Waals surface area contributed by atoms with Crippen molar-refractivity contribution in [1.29, 1.82) is 0 Å². The molecular weight excluding hydrogens is 364 g/mol. The fourth-order valence-electron chi connectivity index (χ4n) is 4.84. The van der Waals surface area contributed by atoms with Gasteiger partial charge in [0.25, 0.3) is 0 Å². The number of aromatic nitrogens is 3. The third-order valence-electron chi connectivity index (χ3n) is 6.53. The molecule has 2 aliphatic rings. The van der Waals surface area contributed by atoms with Gasteiger partial charge >= 0.3 is 0 Å². The van der Waals surface area contributed by atoms with E-state index in [1.165, 1.54) is 24.0 Å². The third-order valence-corrected chi connectivity index (χ3v) is 6.53. The van der Waals surface area contributed by atoms with Crippen LogP contribution in [-0.4, -0.2) is 52.3 Å². The molecule has 2 fully saturated rings. The molecule has 0 unspecified atom stereocenters. The first-order valence-electron chi connectivity index (χ1n) is 10.6. The van der Waals surface area contributed by atoms with Crippen LogP contribution < -0.4 is 10.2 Å². The van der Waals surface area contributed by atoms with Gasteiger partial charge in [0.2, 0.25) is 5.91 Å². The molecule has 0 aliphatic carbocycles. The lowest BCUT2D eigenvalue weighted by atomic mass is 9.92. The Kier molecular flexibility index (Phi) is 5.58. The Bertz CT molecular complexity index is 868. The quantitative estimate of drug-likeness (QED) is 0.812. The zero-order valence-electron chi connectivity index (χ0n) is 18.0. The van der Waals surface area contributed by atoms with E-state index in [0.29, 0.717) is 6.42 Å². The summed E-state index contributed by atoms with van der Waals surface area (Å²) >= 11 is 0. The number of carbonyl (C=O) groups excluding carboxylic acids is 1. The second-order valence-electron chi connectivity index (χ2n) is 8.47. The van der Waals surface area contributed by atoms with E-state index in [0.717, 1.165) is 43.4 Å². The Morgan fingerprint density at radius 2 is 1.93 bits per heavy atom. The van der Waals surface area contributed by atoms with Gasteiger partial charge in [0.1, 0.15) is 5.82 Å². The predicted molar refractivity (Wildman–Crippen MR) is 114 cm³/mol. The van der Waals surface area contributed by atoms with Gasteiger partial charge in [0, 0.05) is 70.1 Å². The van der Waals surface area contributed by atoms with Crippen molar-refractivity contribution in [1.82, 2.24) is 25.0 Å². The van der Waals surface area contributed by atoms with E-state index in [1.807, 2.05) is 36.8 Å². The average molecular weight is 397 g/mol. The smallest absolute Gasteiger partial charge is 0.223 e. The first kappa shape index (κ1) is 19.9. The van der Waals surface area contributed by atoms with Gasteiger partial charge in [-0.2, -0.15) is 5.10 Å². The molecule has 4 heterocycles. The Hall–Kier alpha value is -2.41. The van der Waals surface area contributed by atoms with Crippen LogP contribution in [0, 0.1) is 19.8 Å². The summed E-state index contributed by atoms with van der Waals surface area (Å²) in [5.41, 5.74) is 4.53. The highest BCUT2D eigenvalue weighted by molar-refractivity contribution is 5.79. The molecule has 0 aromatic carbocycles. The summed E-state index contributed by atoms with van der Waals surface area (Å²) in [6, 6.07) is 4.37. The van der Waals surface area contributed by atoms with E-state index in [2.05, 4.69) is 39.4 Å². The summed E-state index contributed by atoms with van der Waals surface area (Å²) < 4.78 is 1.92. The minimum atomic E-state index is 0.0827. The maximum atomic E-state index is 12.5. The second-order valence-corrected chi connectivity index (χ2v) is 8.47. The van der Waals surface area contributed by atoms with Crippen LogP contribution in [0.5, 0.6) is 0 Å². The molecule has 29 heavy (non-hydrogen) atoms. The zero-order chi connectivity index (χ0) is 20.5. The van der Waals surface area contributed by atoms with Gasteiger partial charge in [-0.25, -0.2) is 4.98 Å². The molecular formula is C22H32N6O. The zero-order valence-corrected chi connectivity index (χ0v) is 18.0. The van der Waals surface area contributed by atoms with Gasteiger partial charge in [-0.15, -0.1) is 0 Å². The molecule has 0 spiro atoms. The molecule has 2 aromatic heterocycles. The lowest BCUT2D eigenvalue weighted by Gasteiger charge is -2.26. The van der Waals surface area contributed by atoms with Crippen molar-refractivity contribution >= 4 is 11.7 Å². The minimum Gasteiger partial charge on any atom is -0.357 e. The molecule has 156 valence electrons. The van der Waals surface area contributed by atoms with Crippen LogP contribution in [0.25, 0.3) is 0 Å². The first-order valence-corrected chi connectivity index (χ1v) is 10.6. The van der Waals surface area contributed by atoms with Crippen molar-refractivity contribution in [2.75, 3.05) is 31.6 Å². The fraction of sp³-hybridized carbons (Fsp3) is 0.591. The maximum Gasteiger partial charge on any atom is 0.223 e. The third kappa shape index (κ3) is 3.88. The Balaban J connectivity index is 1.39. The summed E-state index contributed by atoms with van der Waals surface area (Å²) in [5, 5.41) is 8.12. The minimum absolute atomic E-state index is 0.0827. The van der Waals surface area contributed by atoms with Crippen LogP contribution in [-0.2, 0) is 18.4 Å². The van der Waals surface area contributed by atoms with Crippen molar-refractivity contribution in [3.05, 3.63) is 40.8 Å². The normalized spacial score (nSPS) is 22.1. The number of pyridine rings is 1. The van der Waals surface area contributed by atoms with E-state index in [4.69, 9.17) is 0 Å². The van der Waals surface area contributed by atoms with Crippen molar-refractivity contribution in [2.45, 2.75) is 45.7 Å². The lowest BCUT2D eigenvalue weighted by Crippen LogP contribution is -2.30. The number of hydrogen-bond donors (Lipinski definition) is 1. The molecule has 1 amide bonds. The van der Waals surface area contributed by atoms with Gasteiger partial charge < -0.3 is 15.1 Å². The molecule has 7 heteroatoms. The molecule has 2 aliphatic heterocycles. The molecule has 2 aromatic rings. The maximum absolute atomic E-state index is 12.5. The summed E-state index contributed by atoms with van der Waals surface area (Å²) in [7, 11) is 3.88. The van der Waals surface area contributed by atoms with Crippen LogP contribution in [0.3, 0.4) is 0 Å². The highest BCUT2D eigenvalue weighted by Gasteiger charge is 2.40. The number of rotatable bonds is 6. The van der Waals surface area contributed by atoms with Crippen molar-refractivity contribution < 1.29 is 4.79 Å². The van der Waals surface area contributed by atoms with Crippen LogP contribution in [0.1, 0.15) is 47.8 Å². The molecule has 2 atom stereocenters. The van der Waals surface area contributed by atoms with Gasteiger partial charge in [0.15, 0.2) is 0 Å². The molecule has 7 nitrogen and oxygen atoms in total. The number of amides is 1. The largest absolute Gasteiger partial charge is 0.357 e. The summed E-state index contributed by atoms with van der Waals surface area (Å²) in [6.45, 7) is 7.91. The second kappa shape index (κ2) is 8.14. The van der Waals surface area contributed by atoms with Crippen LogP contribution >= 0.6 is 0 Å². The van der Waals surface area contributed by atoms with Gasteiger partial charge in [-0.05, 0) is 38.3 Å². The van der Waals surface area contributed by atoms with Crippen LogP contribution in [0.4, 0.5) is 5.82 Å². The Morgan fingerprint density at radius 1 is 1.17 bits per heavy atom. The molecule has 0 saturated carbocycles. The molecule has 0 bridgehead atoms. The van der Waals surface area contributed by atoms with Crippen molar-refractivity contribution in [3.63, 3.8) is 0 Å². The number of aryl methyl sites for hydroxylation is 2. The molecule has 1 N–H and O–H groups in total. The fourth-order valence-corrected chi connectivity index (χ4v) is 4.84. The van der Waals surface area contributed by atoms with E-state index in [1.54, 1.807) is 0 Å². The first-order chi connectivity index (χ1) is 14.0. The van der Waals surface area contributed by atoms with Crippen molar-refractivity contribution in [3.8, 4) is 0 Å². The highest BCUT2D eigenvalue weighted by Crippen LogP contribution is 2.39. The number of nitrogens with zero attached hydrogens (tertiary/aromatic N) is 5. The molecule has 2 saturated heterocycles. The van der Waals surface area contributed by atoms with E-state index >= 15 is 0 Å². The van der Waals surface area contributed by atoms with E-state index < -0.39 is 0 Å². The lowest BCUT2D eigenvalue weighted by molar-refractivity contribution is -0.127.